The van der Waals surface area contributed by atoms with E-state index in [1.54, 1.807) is 10.7 Å². The molecule has 1 amide bonds. The molecule has 0 radical (unpaired) electrons. The molecule has 22 heavy (non-hydrogen) atoms. The van der Waals surface area contributed by atoms with Crippen molar-refractivity contribution in [1.29, 1.82) is 0 Å². The Morgan fingerprint density at radius 3 is 2.91 bits per heavy atom. The minimum Gasteiger partial charge on any atom is -0.351 e. The molecular formula is C17H21N3O2. The number of nitrogens with one attached hydrogen (secondary N) is 1. The highest BCUT2D eigenvalue weighted by Gasteiger charge is 2.22. The van der Waals surface area contributed by atoms with Crippen molar-refractivity contribution < 1.29 is 4.79 Å². The highest BCUT2D eigenvalue weighted by molar-refractivity contribution is 5.81. The van der Waals surface area contributed by atoms with Crippen LogP contribution in [0.5, 0.6) is 0 Å². The van der Waals surface area contributed by atoms with Crippen LogP contribution < -0.4 is 10.7 Å². The van der Waals surface area contributed by atoms with Gasteiger partial charge in [0.05, 0.1) is 11.7 Å². The summed E-state index contributed by atoms with van der Waals surface area (Å²) in [5.41, 5.74) is 0.579. The van der Waals surface area contributed by atoms with Crippen LogP contribution >= 0.6 is 0 Å². The van der Waals surface area contributed by atoms with Crippen molar-refractivity contribution in [2.75, 3.05) is 0 Å². The van der Waals surface area contributed by atoms with Gasteiger partial charge in [0.15, 0.2) is 0 Å². The fourth-order valence-corrected chi connectivity index (χ4v) is 3.21. The monoisotopic (exact) mass is 299 g/mol. The van der Waals surface area contributed by atoms with E-state index in [0.29, 0.717) is 16.8 Å². The van der Waals surface area contributed by atoms with Crippen LogP contribution in [0.4, 0.5) is 0 Å². The molecule has 0 saturated heterocycles. The van der Waals surface area contributed by atoms with Gasteiger partial charge in [-0.2, -0.15) is 5.10 Å². The molecule has 5 heteroatoms. The molecule has 0 aliphatic heterocycles. The number of hydrogen-bond donors (Lipinski definition) is 1. The van der Waals surface area contributed by atoms with E-state index < -0.39 is 0 Å². The highest BCUT2D eigenvalue weighted by Crippen LogP contribution is 2.23. The molecule has 1 aliphatic rings. The topological polar surface area (TPSA) is 64.0 Å². The third kappa shape index (κ3) is 3.03. The van der Waals surface area contributed by atoms with Crippen LogP contribution in [0.1, 0.15) is 32.6 Å². The zero-order valence-electron chi connectivity index (χ0n) is 12.8. The molecule has 1 aliphatic carbocycles. The van der Waals surface area contributed by atoms with Crippen molar-refractivity contribution in [2.24, 2.45) is 5.92 Å². The Hall–Kier alpha value is -2.17. The summed E-state index contributed by atoms with van der Waals surface area (Å²) in [7, 11) is 0. The third-order valence-electron chi connectivity index (χ3n) is 4.51. The largest absolute Gasteiger partial charge is 0.351 e. The maximum atomic E-state index is 12.3. The Morgan fingerprint density at radius 2 is 2.09 bits per heavy atom. The SMILES string of the molecule is C[C@@H]1CCCC[C@@H]1NC(=O)Cn1ncc(=O)c2ccccc21. The van der Waals surface area contributed by atoms with Crippen molar-refractivity contribution >= 4 is 16.8 Å². The van der Waals surface area contributed by atoms with Crippen LogP contribution in [0.3, 0.4) is 0 Å². The summed E-state index contributed by atoms with van der Waals surface area (Å²) in [4.78, 5) is 24.1. The van der Waals surface area contributed by atoms with Gasteiger partial charge in [0.25, 0.3) is 0 Å². The van der Waals surface area contributed by atoms with Crippen LogP contribution in [-0.2, 0) is 11.3 Å². The van der Waals surface area contributed by atoms with Crippen LogP contribution in [0.15, 0.2) is 35.3 Å². The molecule has 116 valence electrons. The Bertz CT molecular complexity index is 738. The first-order valence-electron chi connectivity index (χ1n) is 7.89. The van der Waals surface area contributed by atoms with E-state index in [4.69, 9.17) is 0 Å². The van der Waals surface area contributed by atoms with Crippen LogP contribution in [0.25, 0.3) is 10.9 Å². The van der Waals surface area contributed by atoms with Gasteiger partial charge >= 0.3 is 0 Å². The van der Waals surface area contributed by atoms with Gasteiger partial charge in [0, 0.05) is 11.4 Å². The summed E-state index contributed by atoms with van der Waals surface area (Å²) < 4.78 is 1.60. The predicted molar refractivity (Wildman–Crippen MR) is 85.6 cm³/mol. The molecular weight excluding hydrogens is 278 g/mol. The average Bonchev–Trinajstić information content (AvgIpc) is 2.53. The number of aromatic nitrogens is 2. The van der Waals surface area contributed by atoms with Gasteiger partial charge in [-0.15, -0.1) is 0 Å². The summed E-state index contributed by atoms with van der Waals surface area (Å²) in [5.74, 6) is 0.483. The first-order chi connectivity index (χ1) is 10.6. The number of amides is 1. The van der Waals surface area contributed by atoms with Crippen molar-refractivity contribution in [3.8, 4) is 0 Å². The van der Waals surface area contributed by atoms with Gasteiger partial charge in [0.2, 0.25) is 11.3 Å². The van der Waals surface area contributed by atoms with Gasteiger partial charge in [0.1, 0.15) is 6.54 Å². The quantitative estimate of drug-likeness (QED) is 0.944. The number of fused-ring (bicyclic) bond motifs is 1. The Morgan fingerprint density at radius 1 is 1.32 bits per heavy atom. The molecule has 5 nitrogen and oxygen atoms in total. The van der Waals surface area contributed by atoms with Crippen LogP contribution in [0.2, 0.25) is 0 Å². The molecule has 1 heterocycles. The van der Waals surface area contributed by atoms with Crippen molar-refractivity contribution in [3.63, 3.8) is 0 Å². The summed E-state index contributed by atoms with van der Waals surface area (Å²) in [5, 5.41) is 7.81. The fourth-order valence-electron chi connectivity index (χ4n) is 3.21. The number of para-hydroxylation sites is 1. The molecule has 2 atom stereocenters. The molecule has 0 unspecified atom stereocenters. The molecule has 0 bridgehead atoms. The van der Waals surface area contributed by atoms with Gasteiger partial charge in [-0.3, -0.25) is 14.3 Å². The number of nitrogens with zero attached hydrogens (tertiary/aromatic N) is 2. The highest BCUT2D eigenvalue weighted by atomic mass is 16.2. The zero-order chi connectivity index (χ0) is 15.5. The first-order valence-corrected chi connectivity index (χ1v) is 7.89. The van der Waals surface area contributed by atoms with E-state index in [0.717, 1.165) is 6.42 Å². The number of carbonyl (C=O) groups is 1. The number of rotatable bonds is 3. The van der Waals surface area contributed by atoms with Crippen LogP contribution in [0, 0.1) is 5.92 Å². The number of hydrogen-bond acceptors (Lipinski definition) is 3. The Kier molecular flexibility index (Phi) is 4.22. The van der Waals surface area contributed by atoms with Gasteiger partial charge < -0.3 is 5.32 Å². The molecule has 1 N–H and O–H groups in total. The molecule has 3 rings (SSSR count). The molecule has 0 spiro atoms. The second kappa shape index (κ2) is 6.30. The van der Waals surface area contributed by atoms with Gasteiger partial charge in [-0.05, 0) is 30.9 Å². The normalized spacial score (nSPS) is 21.7. The molecule has 1 saturated carbocycles. The Balaban J connectivity index is 1.77. The third-order valence-corrected chi connectivity index (χ3v) is 4.51. The smallest absolute Gasteiger partial charge is 0.241 e. The minimum atomic E-state index is -0.117. The van der Waals surface area contributed by atoms with E-state index in [1.807, 2.05) is 18.2 Å². The van der Waals surface area contributed by atoms with Gasteiger partial charge in [-0.1, -0.05) is 31.9 Å². The van der Waals surface area contributed by atoms with Crippen molar-refractivity contribution in [1.82, 2.24) is 15.1 Å². The lowest BCUT2D eigenvalue weighted by Crippen LogP contribution is -2.42. The van der Waals surface area contributed by atoms with E-state index >= 15 is 0 Å². The maximum Gasteiger partial charge on any atom is 0.241 e. The summed E-state index contributed by atoms with van der Waals surface area (Å²) >= 11 is 0. The minimum absolute atomic E-state index is 0.0416. The molecule has 1 fully saturated rings. The first kappa shape index (κ1) is 14.8. The standard InChI is InChI=1S/C17H21N3O2/c1-12-6-2-4-8-14(12)19-17(22)11-20-15-9-5-3-7-13(15)16(21)10-18-20/h3,5,7,9-10,12,14H,2,4,6,8,11H2,1H3,(H,19,22)/t12-,14+/m1/s1. The summed E-state index contributed by atoms with van der Waals surface area (Å²) in [6.45, 7) is 2.33. The lowest BCUT2D eigenvalue weighted by Gasteiger charge is -2.29. The lowest BCUT2D eigenvalue weighted by atomic mass is 9.86. The lowest BCUT2D eigenvalue weighted by molar-refractivity contribution is -0.123. The van der Waals surface area contributed by atoms with E-state index in [9.17, 15) is 9.59 Å². The molecule has 1 aromatic carbocycles. The van der Waals surface area contributed by atoms with Crippen LogP contribution in [-0.4, -0.2) is 21.7 Å². The average molecular weight is 299 g/mol. The second-order valence-corrected chi connectivity index (χ2v) is 6.12. The Labute approximate surface area is 129 Å². The maximum absolute atomic E-state index is 12.3. The summed E-state index contributed by atoms with van der Waals surface area (Å²) in [6, 6.07) is 7.50. The van der Waals surface area contributed by atoms with E-state index in [-0.39, 0.29) is 23.9 Å². The van der Waals surface area contributed by atoms with Gasteiger partial charge in [-0.25, -0.2) is 0 Å². The van der Waals surface area contributed by atoms with E-state index in [1.165, 1.54) is 25.5 Å². The number of carbonyl (C=O) groups excluding carboxylic acids is 1. The molecule has 1 aromatic heterocycles. The second-order valence-electron chi connectivity index (χ2n) is 6.12. The number of benzene rings is 1. The summed E-state index contributed by atoms with van der Waals surface area (Å²) in [6.07, 6.45) is 5.92. The van der Waals surface area contributed by atoms with Crippen molar-refractivity contribution in [3.05, 3.63) is 40.7 Å². The van der Waals surface area contributed by atoms with E-state index in [2.05, 4.69) is 17.3 Å². The van der Waals surface area contributed by atoms with Crippen molar-refractivity contribution in [2.45, 2.75) is 45.2 Å². The zero-order valence-corrected chi connectivity index (χ0v) is 12.8. The molecule has 2 aromatic rings. The fraction of sp³-hybridized carbons (Fsp3) is 0.471. The predicted octanol–water partition coefficient (Wildman–Crippen LogP) is 2.09.